The van der Waals surface area contributed by atoms with Crippen molar-refractivity contribution in [3.63, 3.8) is 0 Å². The first-order valence-corrected chi connectivity index (χ1v) is 6.03. The number of esters is 1. The zero-order valence-electron chi connectivity index (χ0n) is 9.97. The second kappa shape index (κ2) is 6.58. The first-order valence-electron chi connectivity index (χ1n) is 5.49. The molecule has 100 valence electrons. The zero-order chi connectivity index (χ0) is 13.7. The highest BCUT2D eigenvalue weighted by molar-refractivity contribution is 6.18. The van der Waals surface area contributed by atoms with E-state index in [0.29, 0.717) is 5.56 Å². The number of rotatable bonds is 5. The van der Waals surface area contributed by atoms with Gasteiger partial charge >= 0.3 is 5.97 Å². The summed E-state index contributed by atoms with van der Waals surface area (Å²) in [4.78, 5) is 11.6. The first kappa shape index (κ1) is 14.8. The second-order valence-corrected chi connectivity index (χ2v) is 4.04. The smallest absolute Gasteiger partial charge is 0.340 e. The monoisotopic (exact) mass is 273 g/mol. The van der Waals surface area contributed by atoms with E-state index in [0.717, 1.165) is 0 Å². The van der Waals surface area contributed by atoms with E-state index in [2.05, 4.69) is 0 Å². The van der Waals surface area contributed by atoms with Gasteiger partial charge in [-0.25, -0.2) is 4.79 Å². The topological polar surface area (TPSA) is 92.8 Å². The van der Waals surface area contributed by atoms with Crippen LogP contribution in [0.15, 0.2) is 18.2 Å². The number of halogens is 1. The summed E-state index contributed by atoms with van der Waals surface area (Å²) in [5.41, 5.74) is 6.44. The molecule has 0 amide bonds. The van der Waals surface area contributed by atoms with Crippen LogP contribution in [0.5, 0.6) is 0 Å². The summed E-state index contributed by atoms with van der Waals surface area (Å²) in [6.45, 7) is 1.92. The van der Waals surface area contributed by atoms with Crippen LogP contribution < -0.4 is 5.73 Å². The third-order valence-corrected chi connectivity index (χ3v) is 2.75. The van der Waals surface area contributed by atoms with E-state index in [1.807, 2.05) is 0 Å². The molecule has 0 aliphatic heterocycles. The Balaban J connectivity index is 3.03. The van der Waals surface area contributed by atoms with E-state index in [9.17, 15) is 15.0 Å². The van der Waals surface area contributed by atoms with Crippen LogP contribution in [0.25, 0.3) is 0 Å². The molecule has 1 aromatic rings. The maximum absolute atomic E-state index is 11.6. The fraction of sp³-hybridized carbons (Fsp3) is 0.417. The van der Waals surface area contributed by atoms with E-state index in [4.69, 9.17) is 22.1 Å². The summed E-state index contributed by atoms with van der Waals surface area (Å²) in [5, 5.41) is 19.2. The average Bonchev–Trinajstić information content (AvgIpc) is 2.37. The Labute approximate surface area is 110 Å². The number of nitrogen functional groups attached to an aromatic ring is 1. The molecule has 0 radical (unpaired) electrons. The van der Waals surface area contributed by atoms with Crippen molar-refractivity contribution in [1.82, 2.24) is 0 Å². The van der Waals surface area contributed by atoms with Gasteiger partial charge in [0.1, 0.15) is 6.10 Å². The Bertz CT molecular complexity index is 425. The molecule has 0 aliphatic rings. The molecule has 0 saturated carbocycles. The van der Waals surface area contributed by atoms with Gasteiger partial charge in [0.15, 0.2) is 0 Å². The van der Waals surface area contributed by atoms with Crippen molar-refractivity contribution in [2.45, 2.75) is 19.1 Å². The van der Waals surface area contributed by atoms with Gasteiger partial charge in [0.05, 0.1) is 24.2 Å². The SMILES string of the molecule is CCOC(=O)c1cc(C(O)C(O)CCl)ccc1N. The number of hydrogen-bond acceptors (Lipinski definition) is 5. The molecular weight excluding hydrogens is 258 g/mol. The van der Waals surface area contributed by atoms with Crippen molar-refractivity contribution in [2.75, 3.05) is 18.2 Å². The van der Waals surface area contributed by atoms with Gasteiger partial charge in [0, 0.05) is 5.69 Å². The number of carbonyl (C=O) groups excluding carboxylic acids is 1. The number of benzene rings is 1. The molecule has 1 rings (SSSR count). The molecule has 1 aromatic carbocycles. The number of nitrogens with two attached hydrogens (primary N) is 1. The molecule has 0 saturated heterocycles. The van der Waals surface area contributed by atoms with Crippen LogP contribution >= 0.6 is 11.6 Å². The third kappa shape index (κ3) is 3.35. The lowest BCUT2D eigenvalue weighted by molar-refractivity contribution is 0.0325. The first-order chi connectivity index (χ1) is 8.51. The zero-order valence-corrected chi connectivity index (χ0v) is 10.7. The minimum Gasteiger partial charge on any atom is -0.462 e. The highest BCUT2D eigenvalue weighted by Gasteiger charge is 2.20. The van der Waals surface area contributed by atoms with Crippen LogP contribution in [0.4, 0.5) is 5.69 Å². The molecule has 18 heavy (non-hydrogen) atoms. The number of anilines is 1. The molecule has 0 fully saturated rings. The van der Waals surface area contributed by atoms with E-state index in [-0.39, 0.29) is 23.7 Å². The summed E-state index contributed by atoms with van der Waals surface area (Å²) in [7, 11) is 0. The summed E-state index contributed by atoms with van der Waals surface area (Å²) in [6.07, 6.45) is -2.28. The maximum atomic E-state index is 11.6. The van der Waals surface area contributed by atoms with Crippen molar-refractivity contribution in [1.29, 1.82) is 0 Å². The number of ether oxygens (including phenoxy) is 1. The third-order valence-electron chi connectivity index (χ3n) is 2.44. The van der Waals surface area contributed by atoms with Gasteiger partial charge in [-0.2, -0.15) is 0 Å². The van der Waals surface area contributed by atoms with Crippen LogP contribution in [0.2, 0.25) is 0 Å². The Morgan fingerprint density at radius 3 is 2.72 bits per heavy atom. The number of aliphatic hydroxyl groups is 2. The molecule has 2 atom stereocenters. The Kier molecular flexibility index (Phi) is 5.40. The van der Waals surface area contributed by atoms with Crippen LogP contribution in [-0.4, -0.2) is 34.8 Å². The Hall–Kier alpha value is -1.30. The van der Waals surface area contributed by atoms with Crippen molar-refractivity contribution in [3.05, 3.63) is 29.3 Å². The minimum absolute atomic E-state index is 0.111. The van der Waals surface area contributed by atoms with Gasteiger partial charge in [-0.3, -0.25) is 0 Å². The van der Waals surface area contributed by atoms with Crippen molar-refractivity contribution < 1.29 is 19.7 Å². The standard InChI is InChI=1S/C12H16ClNO4/c1-2-18-12(17)8-5-7(3-4-9(8)14)11(16)10(15)6-13/h3-5,10-11,15-16H,2,6,14H2,1H3. The molecule has 0 bridgehead atoms. The number of carbonyl (C=O) groups is 1. The normalized spacial score (nSPS) is 14.0. The summed E-state index contributed by atoms with van der Waals surface area (Å²) in [6, 6.07) is 4.40. The molecule has 5 nitrogen and oxygen atoms in total. The molecule has 4 N–H and O–H groups in total. The summed E-state index contributed by atoms with van der Waals surface area (Å²) < 4.78 is 4.84. The fourth-order valence-corrected chi connectivity index (χ4v) is 1.62. The number of hydrogen-bond donors (Lipinski definition) is 3. The lowest BCUT2D eigenvalue weighted by atomic mass is 10.0. The van der Waals surface area contributed by atoms with Gasteiger partial charge < -0.3 is 20.7 Å². The molecule has 0 aromatic heterocycles. The van der Waals surface area contributed by atoms with Crippen molar-refractivity contribution >= 4 is 23.3 Å². The maximum Gasteiger partial charge on any atom is 0.340 e. The van der Waals surface area contributed by atoms with Gasteiger partial charge in [-0.05, 0) is 24.6 Å². The van der Waals surface area contributed by atoms with Gasteiger partial charge in [-0.1, -0.05) is 6.07 Å². The van der Waals surface area contributed by atoms with Crippen LogP contribution in [0, 0.1) is 0 Å². The lowest BCUT2D eigenvalue weighted by Crippen LogP contribution is -2.20. The molecule has 0 aliphatic carbocycles. The van der Waals surface area contributed by atoms with Gasteiger partial charge in [0.25, 0.3) is 0 Å². The van der Waals surface area contributed by atoms with Crippen molar-refractivity contribution in [2.24, 2.45) is 0 Å². The fourth-order valence-electron chi connectivity index (χ4n) is 1.45. The molecule has 6 heteroatoms. The quantitative estimate of drug-likeness (QED) is 0.424. The predicted octanol–water partition coefficient (Wildman–Crippen LogP) is 1.08. The average molecular weight is 274 g/mol. The summed E-state index contributed by atoms with van der Waals surface area (Å²) in [5.74, 6) is -0.676. The molecule has 0 heterocycles. The molecule has 2 unspecified atom stereocenters. The molecular formula is C12H16ClNO4. The number of alkyl halides is 1. The lowest BCUT2D eigenvalue weighted by Gasteiger charge is -2.17. The highest BCUT2D eigenvalue weighted by atomic mass is 35.5. The largest absolute Gasteiger partial charge is 0.462 e. The van der Waals surface area contributed by atoms with Gasteiger partial charge in [0.2, 0.25) is 0 Å². The molecule has 0 spiro atoms. The van der Waals surface area contributed by atoms with Crippen LogP contribution in [-0.2, 0) is 4.74 Å². The summed E-state index contributed by atoms with van der Waals surface area (Å²) >= 11 is 5.45. The van der Waals surface area contributed by atoms with Crippen LogP contribution in [0.1, 0.15) is 28.9 Å². The van der Waals surface area contributed by atoms with E-state index < -0.39 is 18.2 Å². The number of aliphatic hydroxyl groups excluding tert-OH is 2. The second-order valence-electron chi connectivity index (χ2n) is 3.73. The Morgan fingerprint density at radius 2 is 2.17 bits per heavy atom. The minimum atomic E-state index is -1.17. The van der Waals surface area contributed by atoms with E-state index in [1.165, 1.54) is 18.2 Å². The Morgan fingerprint density at radius 1 is 1.50 bits per heavy atom. The van der Waals surface area contributed by atoms with Crippen molar-refractivity contribution in [3.8, 4) is 0 Å². The van der Waals surface area contributed by atoms with Gasteiger partial charge in [-0.15, -0.1) is 11.6 Å². The van der Waals surface area contributed by atoms with Crippen LogP contribution in [0.3, 0.4) is 0 Å². The van der Waals surface area contributed by atoms with E-state index in [1.54, 1.807) is 6.92 Å². The predicted molar refractivity (Wildman–Crippen MR) is 68.5 cm³/mol. The van der Waals surface area contributed by atoms with E-state index >= 15 is 0 Å². The highest BCUT2D eigenvalue weighted by Crippen LogP contribution is 2.23.